The van der Waals surface area contributed by atoms with E-state index in [-0.39, 0.29) is 11.5 Å². The lowest BCUT2D eigenvalue weighted by Crippen LogP contribution is -2.52. The Bertz CT molecular complexity index is 311. The molecule has 0 aromatic carbocycles. The molecule has 1 aliphatic carbocycles. The van der Waals surface area contributed by atoms with Gasteiger partial charge in [-0.3, -0.25) is 4.79 Å². The summed E-state index contributed by atoms with van der Waals surface area (Å²) in [7, 11) is 0. The fourth-order valence-corrected chi connectivity index (χ4v) is 3.72. The average Bonchev–Trinajstić information content (AvgIpc) is 2.86. The number of amides is 1. The van der Waals surface area contributed by atoms with Crippen LogP contribution in [-0.2, 0) is 9.53 Å². The van der Waals surface area contributed by atoms with E-state index < -0.39 is 0 Å². The molecule has 4 nitrogen and oxygen atoms in total. The molecule has 110 valence electrons. The zero-order chi connectivity index (χ0) is 13.9. The minimum Gasteiger partial charge on any atom is -0.373 e. The van der Waals surface area contributed by atoms with Gasteiger partial charge in [0.15, 0.2) is 0 Å². The molecule has 0 spiro atoms. The molecular weight excluding hydrogens is 240 g/mol. The van der Waals surface area contributed by atoms with Gasteiger partial charge in [0.05, 0.1) is 12.7 Å². The van der Waals surface area contributed by atoms with Crippen molar-refractivity contribution in [3.8, 4) is 0 Å². The van der Waals surface area contributed by atoms with Crippen LogP contribution in [0.15, 0.2) is 0 Å². The molecule has 1 heterocycles. The number of nitrogens with two attached hydrogens (primary N) is 1. The van der Waals surface area contributed by atoms with Crippen molar-refractivity contribution < 1.29 is 9.53 Å². The van der Waals surface area contributed by atoms with Crippen LogP contribution in [0.3, 0.4) is 0 Å². The number of hydrogen-bond acceptors (Lipinski definition) is 3. The highest BCUT2D eigenvalue weighted by Crippen LogP contribution is 2.44. The summed E-state index contributed by atoms with van der Waals surface area (Å²) in [5, 5.41) is 0. The monoisotopic (exact) mass is 268 g/mol. The van der Waals surface area contributed by atoms with Crippen LogP contribution in [0.4, 0.5) is 0 Å². The maximum absolute atomic E-state index is 12.9. The van der Waals surface area contributed by atoms with Gasteiger partial charge in [0.1, 0.15) is 0 Å². The van der Waals surface area contributed by atoms with E-state index in [1.165, 1.54) is 12.8 Å². The van der Waals surface area contributed by atoms with Crippen molar-refractivity contribution in [1.29, 1.82) is 0 Å². The largest absolute Gasteiger partial charge is 0.373 e. The predicted octanol–water partition coefficient (Wildman–Crippen LogP) is 1.78. The number of morpholine rings is 1. The highest BCUT2D eigenvalue weighted by atomic mass is 16.5. The summed E-state index contributed by atoms with van der Waals surface area (Å²) in [5.74, 6) is 0.939. The maximum Gasteiger partial charge on any atom is 0.228 e. The van der Waals surface area contributed by atoms with Gasteiger partial charge in [-0.2, -0.15) is 0 Å². The van der Waals surface area contributed by atoms with E-state index in [2.05, 4.69) is 13.8 Å². The van der Waals surface area contributed by atoms with Crippen molar-refractivity contribution in [3.05, 3.63) is 0 Å². The predicted molar refractivity (Wildman–Crippen MR) is 75.7 cm³/mol. The summed E-state index contributed by atoms with van der Waals surface area (Å²) < 4.78 is 5.57. The molecule has 2 aliphatic rings. The molecule has 0 aromatic rings. The molecule has 2 fully saturated rings. The fraction of sp³-hybridized carbons (Fsp3) is 0.933. The van der Waals surface area contributed by atoms with Gasteiger partial charge >= 0.3 is 0 Å². The van der Waals surface area contributed by atoms with Gasteiger partial charge in [-0.1, -0.05) is 26.7 Å². The second-order valence-electron chi connectivity index (χ2n) is 6.57. The zero-order valence-corrected chi connectivity index (χ0v) is 12.4. The molecule has 0 aromatic heterocycles. The Balaban J connectivity index is 2.06. The van der Waals surface area contributed by atoms with E-state index in [0.717, 1.165) is 25.8 Å². The van der Waals surface area contributed by atoms with E-state index in [0.29, 0.717) is 31.5 Å². The summed E-state index contributed by atoms with van der Waals surface area (Å²) in [6.07, 6.45) is 5.57. The van der Waals surface area contributed by atoms with Gasteiger partial charge in [-0.15, -0.1) is 0 Å². The minimum atomic E-state index is -0.0926. The first kappa shape index (κ1) is 14.8. The molecule has 0 bridgehead atoms. The smallest absolute Gasteiger partial charge is 0.228 e. The third-order valence-corrected chi connectivity index (χ3v) is 4.50. The third-order valence-electron chi connectivity index (χ3n) is 4.50. The molecular formula is C15H28N2O2. The lowest BCUT2D eigenvalue weighted by molar-refractivity contribution is -0.150. The second kappa shape index (κ2) is 6.23. The third kappa shape index (κ3) is 3.29. The molecule has 1 unspecified atom stereocenters. The van der Waals surface area contributed by atoms with Gasteiger partial charge in [0.2, 0.25) is 5.91 Å². The Kier molecular flexibility index (Phi) is 4.85. The molecule has 19 heavy (non-hydrogen) atoms. The number of carbonyl (C=O) groups is 1. The fourth-order valence-electron chi connectivity index (χ4n) is 3.72. The Labute approximate surface area is 116 Å². The van der Waals surface area contributed by atoms with Crippen LogP contribution in [0.2, 0.25) is 0 Å². The van der Waals surface area contributed by atoms with E-state index in [9.17, 15) is 4.79 Å². The first-order valence-corrected chi connectivity index (χ1v) is 7.68. The van der Waals surface area contributed by atoms with E-state index in [4.69, 9.17) is 10.5 Å². The van der Waals surface area contributed by atoms with Crippen LogP contribution >= 0.6 is 0 Å². The van der Waals surface area contributed by atoms with Crippen molar-refractivity contribution in [2.45, 2.75) is 52.1 Å². The topological polar surface area (TPSA) is 55.6 Å². The quantitative estimate of drug-likeness (QED) is 0.845. The number of hydrogen-bond donors (Lipinski definition) is 1. The lowest BCUT2D eigenvalue weighted by Gasteiger charge is -2.39. The second-order valence-corrected chi connectivity index (χ2v) is 6.57. The highest BCUT2D eigenvalue weighted by Gasteiger charge is 2.44. The molecule has 1 amide bonds. The van der Waals surface area contributed by atoms with Crippen LogP contribution in [0.25, 0.3) is 0 Å². The number of rotatable bonds is 4. The molecule has 0 radical (unpaired) electrons. The number of ether oxygens (including phenoxy) is 1. The minimum absolute atomic E-state index is 0.0233. The molecule has 1 saturated heterocycles. The van der Waals surface area contributed by atoms with Crippen LogP contribution < -0.4 is 5.73 Å². The lowest BCUT2D eigenvalue weighted by atomic mass is 9.77. The van der Waals surface area contributed by atoms with Crippen molar-refractivity contribution >= 4 is 5.91 Å². The van der Waals surface area contributed by atoms with E-state index >= 15 is 0 Å². The summed E-state index contributed by atoms with van der Waals surface area (Å²) in [6, 6.07) is 0. The van der Waals surface area contributed by atoms with Crippen LogP contribution in [0.1, 0.15) is 46.0 Å². The van der Waals surface area contributed by atoms with E-state index in [1.54, 1.807) is 0 Å². The summed E-state index contributed by atoms with van der Waals surface area (Å²) in [4.78, 5) is 15.0. The van der Waals surface area contributed by atoms with Gasteiger partial charge in [-0.05, 0) is 25.2 Å². The van der Waals surface area contributed by atoms with Crippen LogP contribution in [-0.4, -0.2) is 43.2 Å². The van der Waals surface area contributed by atoms with Crippen molar-refractivity contribution in [2.75, 3.05) is 26.2 Å². The summed E-state index contributed by atoms with van der Waals surface area (Å²) in [5.41, 5.74) is 5.58. The first-order chi connectivity index (χ1) is 9.07. The summed E-state index contributed by atoms with van der Waals surface area (Å²) in [6.45, 7) is 6.97. The highest BCUT2D eigenvalue weighted by molar-refractivity contribution is 5.83. The zero-order valence-electron chi connectivity index (χ0n) is 12.4. The Morgan fingerprint density at radius 2 is 2.11 bits per heavy atom. The van der Waals surface area contributed by atoms with Gasteiger partial charge in [-0.25, -0.2) is 0 Å². The Hall–Kier alpha value is -0.610. The molecule has 1 atom stereocenters. The van der Waals surface area contributed by atoms with Crippen molar-refractivity contribution in [3.63, 3.8) is 0 Å². The average molecular weight is 268 g/mol. The van der Waals surface area contributed by atoms with E-state index in [1.807, 2.05) is 4.90 Å². The molecule has 4 heteroatoms. The normalized spacial score (nSPS) is 26.9. The molecule has 1 aliphatic heterocycles. The molecule has 2 rings (SSSR count). The SMILES string of the molecule is CC(C)CC1(C(=O)N2CCOC(CN)C2)CCCC1. The Morgan fingerprint density at radius 1 is 1.42 bits per heavy atom. The Morgan fingerprint density at radius 3 is 2.68 bits per heavy atom. The van der Waals surface area contributed by atoms with Gasteiger partial charge < -0.3 is 15.4 Å². The number of nitrogens with zero attached hydrogens (tertiary/aromatic N) is 1. The molecule has 2 N–H and O–H groups in total. The van der Waals surface area contributed by atoms with Crippen LogP contribution in [0, 0.1) is 11.3 Å². The molecule has 1 saturated carbocycles. The first-order valence-electron chi connectivity index (χ1n) is 7.68. The van der Waals surface area contributed by atoms with Gasteiger partial charge in [0, 0.05) is 25.0 Å². The van der Waals surface area contributed by atoms with Crippen LogP contribution in [0.5, 0.6) is 0 Å². The van der Waals surface area contributed by atoms with Crippen molar-refractivity contribution in [1.82, 2.24) is 4.90 Å². The van der Waals surface area contributed by atoms with Gasteiger partial charge in [0.25, 0.3) is 0 Å². The maximum atomic E-state index is 12.9. The summed E-state index contributed by atoms with van der Waals surface area (Å²) >= 11 is 0. The standard InChI is InChI=1S/C15H28N2O2/c1-12(2)9-15(5-3-4-6-15)14(18)17-7-8-19-13(10-16)11-17/h12-13H,3-11,16H2,1-2H3. The van der Waals surface area contributed by atoms with Crippen molar-refractivity contribution in [2.24, 2.45) is 17.1 Å². The number of carbonyl (C=O) groups excluding carboxylic acids is 1.